The van der Waals surface area contributed by atoms with Gasteiger partial charge < -0.3 is 18.3 Å². The average molecular weight is 698 g/mol. The van der Waals surface area contributed by atoms with E-state index in [0.29, 0.717) is 5.56 Å². The Labute approximate surface area is 318 Å². The van der Waals surface area contributed by atoms with Gasteiger partial charge in [-0.25, -0.2) is 0 Å². The number of anilines is 3. The fraction of sp³-hybridized carbons (Fsp3) is 0. The molecule has 0 N–H and O–H groups in total. The summed E-state index contributed by atoms with van der Waals surface area (Å²) in [7, 11) is 0. The normalized spacial score (nSPS) is 13.0. The molecule has 3 aromatic heterocycles. The van der Waals surface area contributed by atoms with E-state index in [0.717, 1.165) is 88.8 Å². The lowest BCUT2D eigenvalue weighted by molar-refractivity contribution is 0.669. The first kappa shape index (κ1) is 25.6. The van der Waals surface area contributed by atoms with Gasteiger partial charge in [-0.1, -0.05) is 127 Å². The molecule has 0 unspecified atom stereocenters. The van der Waals surface area contributed by atoms with Gasteiger partial charge in [0.2, 0.25) is 0 Å². The van der Waals surface area contributed by atoms with Gasteiger partial charge in [0, 0.05) is 44.2 Å². The fourth-order valence-corrected chi connectivity index (χ4v) is 7.88. The van der Waals surface area contributed by atoms with Crippen LogP contribution < -0.4 is 4.90 Å². The van der Waals surface area contributed by atoms with Crippen LogP contribution in [0.3, 0.4) is 0 Å². The van der Waals surface area contributed by atoms with Crippen LogP contribution >= 0.6 is 0 Å². The van der Waals surface area contributed by atoms with Gasteiger partial charge in [0.15, 0.2) is 11.2 Å². The third kappa shape index (κ3) is 4.70. The maximum absolute atomic E-state index is 8.60. The number of nitrogens with zero attached hydrogens (tertiary/aromatic N) is 2. The van der Waals surface area contributed by atoms with E-state index in [4.69, 9.17) is 15.7 Å². The minimum Gasteiger partial charge on any atom is -0.454 e. The molecule has 0 saturated carbocycles. The zero-order valence-corrected chi connectivity index (χ0v) is 28.8. The molecular weight excluding hydrogens is 661 g/mol. The molecule has 0 saturated heterocycles. The van der Waals surface area contributed by atoms with E-state index >= 15 is 0 Å². The lowest BCUT2D eigenvalue weighted by Gasteiger charge is -2.26. The highest BCUT2D eigenvalue weighted by molar-refractivity contribution is 6.18. The summed E-state index contributed by atoms with van der Waals surface area (Å²) in [6, 6.07) is 53.3. The highest BCUT2D eigenvalue weighted by Crippen LogP contribution is 2.45. The van der Waals surface area contributed by atoms with Crippen LogP contribution in [0.1, 0.15) is 6.85 Å². The Kier molecular flexibility index (Phi) is 5.76. The molecule has 8 aromatic carbocycles. The van der Waals surface area contributed by atoms with Crippen molar-refractivity contribution in [1.82, 2.24) is 4.57 Å². The van der Waals surface area contributed by atoms with Gasteiger partial charge in [-0.05, 0) is 83.4 Å². The SMILES string of the molecule is [2H]c1c([2H])c([2H])c(-c2ccc(N(c3cccc(-c4cccc5c4oc4c6ccccc6n(-c6ccccc6)c54)c3)c3cccc4c3oc3ccccc34)cc2)c([2H])c1[2H]. The van der Waals surface area contributed by atoms with Gasteiger partial charge in [-0.3, -0.25) is 0 Å². The van der Waals surface area contributed by atoms with Crippen LogP contribution in [0.15, 0.2) is 203 Å². The lowest BCUT2D eigenvalue weighted by atomic mass is 10.0. The Bertz CT molecular complexity index is 3430. The number of hydrogen-bond acceptors (Lipinski definition) is 3. The lowest BCUT2D eigenvalue weighted by Crippen LogP contribution is -2.10. The van der Waals surface area contributed by atoms with Crippen LogP contribution in [-0.2, 0) is 0 Å². The van der Waals surface area contributed by atoms with Crippen molar-refractivity contribution in [1.29, 1.82) is 0 Å². The molecule has 0 spiro atoms. The summed E-state index contributed by atoms with van der Waals surface area (Å²) in [5, 5.41) is 4.04. The predicted octanol–water partition coefficient (Wildman–Crippen LogP) is 14.2. The van der Waals surface area contributed by atoms with E-state index < -0.39 is 6.04 Å². The van der Waals surface area contributed by atoms with Crippen LogP contribution in [-0.4, -0.2) is 4.57 Å². The molecule has 0 fully saturated rings. The second-order valence-corrected chi connectivity index (χ2v) is 13.3. The molecule has 0 aliphatic heterocycles. The topological polar surface area (TPSA) is 34.5 Å². The molecule has 0 aliphatic carbocycles. The summed E-state index contributed by atoms with van der Waals surface area (Å²) in [5.74, 6) is 0. The first-order chi connectivity index (χ1) is 28.9. The van der Waals surface area contributed by atoms with Crippen molar-refractivity contribution >= 4 is 72.0 Å². The van der Waals surface area contributed by atoms with Gasteiger partial charge in [0.1, 0.15) is 16.7 Å². The standard InChI is InChI=1S/C50H32N2O2/c1-3-14-33(15-4-1)34-28-30-37(31-29-34)51(45-26-13-23-41-40-20-8-10-27-46(40)53-49(41)45)38-19-11-16-35(32-38)39-22-12-24-43-47-50(54-48(39)43)42-21-7-9-25-44(42)52(47)36-17-5-2-6-18-36/h1-32H/i1D,3D,4D,14D,15D. The number of rotatable bonds is 6. The Balaban J connectivity index is 1.11. The molecule has 4 heteroatoms. The number of hydrogen-bond donors (Lipinski definition) is 0. The first-order valence-corrected chi connectivity index (χ1v) is 17.9. The Hall–Kier alpha value is -7.30. The summed E-state index contributed by atoms with van der Waals surface area (Å²) < 4.78 is 57.6. The molecule has 0 radical (unpaired) electrons. The Morgan fingerprint density at radius 1 is 0.463 bits per heavy atom. The molecular formula is C50H32N2O2. The number of benzene rings is 8. The van der Waals surface area contributed by atoms with E-state index in [2.05, 4.69) is 100 Å². The minimum absolute atomic E-state index is 0.155. The van der Waals surface area contributed by atoms with E-state index in [1.165, 1.54) is 0 Å². The summed E-state index contributed by atoms with van der Waals surface area (Å²) in [5.41, 5.74) is 11.3. The van der Waals surface area contributed by atoms with Gasteiger partial charge in [0.25, 0.3) is 0 Å². The van der Waals surface area contributed by atoms with Crippen molar-refractivity contribution in [2.24, 2.45) is 0 Å². The van der Waals surface area contributed by atoms with Crippen LogP contribution in [0.2, 0.25) is 0 Å². The van der Waals surface area contributed by atoms with E-state index in [-0.39, 0.29) is 29.7 Å². The maximum Gasteiger partial charge on any atom is 0.161 e. The third-order valence-corrected chi connectivity index (χ3v) is 10.3. The van der Waals surface area contributed by atoms with Gasteiger partial charge in [-0.2, -0.15) is 0 Å². The van der Waals surface area contributed by atoms with E-state index in [1.54, 1.807) is 12.1 Å². The van der Waals surface area contributed by atoms with E-state index in [1.807, 2.05) is 60.7 Å². The Morgan fingerprint density at radius 3 is 2.06 bits per heavy atom. The zero-order valence-electron chi connectivity index (χ0n) is 33.8. The van der Waals surface area contributed by atoms with Crippen molar-refractivity contribution in [2.45, 2.75) is 0 Å². The third-order valence-electron chi connectivity index (χ3n) is 10.3. The van der Waals surface area contributed by atoms with Crippen molar-refractivity contribution < 1.29 is 15.7 Å². The maximum atomic E-state index is 8.60. The molecule has 54 heavy (non-hydrogen) atoms. The van der Waals surface area contributed by atoms with Gasteiger partial charge in [-0.15, -0.1) is 0 Å². The molecule has 0 aliphatic rings. The second-order valence-electron chi connectivity index (χ2n) is 13.3. The second kappa shape index (κ2) is 12.1. The molecule has 0 bridgehead atoms. The van der Waals surface area contributed by atoms with Crippen molar-refractivity contribution in [3.8, 4) is 27.9 Å². The van der Waals surface area contributed by atoms with Crippen molar-refractivity contribution in [2.75, 3.05) is 4.90 Å². The highest BCUT2D eigenvalue weighted by atomic mass is 16.3. The first-order valence-electron chi connectivity index (χ1n) is 20.4. The monoisotopic (exact) mass is 697 g/mol. The van der Waals surface area contributed by atoms with Gasteiger partial charge in [0.05, 0.1) is 18.1 Å². The van der Waals surface area contributed by atoms with E-state index in [9.17, 15) is 0 Å². The molecule has 0 amide bonds. The summed E-state index contributed by atoms with van der Waals surface area (Å²) >= 11 is 0. The zero-order chi connectivity index (χ0) is 39.9. The molecule has 11 aromatic rings. The van der Waals surface area contributed by atoms with Crippen molar-refractivity contribution in [3.63, 3.8) is 0 Å². The fourth-order valence-electron chi connectivity index (χ4n) is 7.88. The highest BCUT2D eigenvalue weighted by Gasteiger charge is 2.23. The largest absolute Gasteiger partial charge is 0.454 e. The molecule has 11 rings (SSSR count). The molecule has 254 valence electrons. The average Bonchev–Trinajstić information content (AvgIpc) is 3.96. The molecule has 4 nitrogen and oxygen atoms in total. The van der Waals surface area contributed by atoms with Crippen LogP contribution in [0.4, 0.5) is 17.1 Å². The number of aromatic nitrogens is 1. The predicted molar refractivity (Wildman–Crippen MR) is 223 cm³/mol. The van der Waals surface area contributed by atoms with Crippen LogP contribution in [0.25, 0.3) is 82.9 Å². The minimum atomic E-state index is -0.418. The summed E-state index contributed by atoms with van der Waals surface area (Å²) in [6.07, 6.45) is 0. The molecule has 3 heterocycles. The Morgan fingerprint density at radius 2 is 1.19 bits per heavy atom. The number of fused-ring (bicyclic) bond motifs is 8. The number of para-hydroxylation sites is 5. The van der Waals surface area contributed by atoms with Gasteiger partial charge >= 0.3 is 0 Å². The quantitative estimate of drug-likeness (QED) is 0.173. The van der Waals surface area contributed by atoms with Crippen LogP contribution in [0, 0.1) is 0 Å². The summed E-state index contributed by atoms with van der Waals surface area (Å²) in [6.45, 7) is 0. The van der Waals surface area contributed by atoms with Crippen molar-refractivity contribution in [3.05, 3.63) is 194 Å². The van der Waals surface area contributed by atoms with Crippen LogP contribution in [0.5, 0.6) is 0 Å². The molecule has 0 atom stereocenters. The smallest absolute Gasteiger partial charge is 0.161 e. The number of furan rings is 2. The summed E-state index contributed by atoms with van der Waals surface area (Å²) in [4.78, 5) is 2.13.